The van der Waals surface area contributed by atoms with Crippen LogP contribution in [0.4, 0.5) is 14.9 Å². The van der Waals surface area contributed by atoms with Crippen molar-refractivity contribution in [2.24, 2.45) is 5.92 Å². The standard InChI is InChI=1S/C17H21FN4O2/c18-15-3-1-2-4-16(15)22-10-14(9-19-22)21-17(24)20-13-7-5-12(11-23)6-8-13/h1-4,9-10,12-13,23H,5-8,11H2,(H2,20,21,24). The molecule has 128 valence electrons. The van der Waals surface area contributed by atoms with Gasteiger partial charge in [-0.15, -0.1) is 0 Å². The summed E-state index contributed by atoms with van der Waals surface area (Å²) in [6, 6.07) is 6.14. The Labute approximate surface area is 139 Å². The Hall–Kier alpha value is -2.41. The van der Waals surface area contributed by atoms with Crippen LogP contribution < -0.4 is 10.6 Å². The van der Waals surface area contributed by atoms with Gasteiger partial charge in [0.1, 0.15) is 11.5 Å². The molecule has 7 heteroatoms. The molecule has 1 fully saturated rings. The maximum absolute atomic E-state index is 13.7. The van der Waals surface area contributed by atoms with E-state index in [1.54, 1.807) is 24.4 Å². The third-order valence-electron chi connectivity index (χ3n) is 4.38. The number of benzene rings is 1. The predicted molar refractivity (Wildman–Crippen MR) is 88.5 cm³/mol. The van der Waals surface area contributed by atoms with Crippen molar-refractivity contribution in [1.82, 2.24) is 15.1 Å². The molecule has 1 heterocycles. The zero-order valence-corrected chi connectivity index (χ0v) is 13.3. The van der Waals surface area contributed by atoms with Gasteiger partial charge in [-0.2, -0.15) is 5.10 Å². The molecule has 1 aromatic heterocycles. The fraction of sp³-hybridized carbons (Fsp3) is 0.412. The Morgan fingerprint density at radius 3 is 2.75 bits per heavy atom. The lowest BCUT2D eigenvalue weighted by molar-refractivity contribution is 0.176. The molecule has 0 spiro atoms. The maximum atomic E-state index is 13.7. The van der Waals surface area contributed by atoms with Gasteiger partial charge in [0.25, 0.3) is 0 Å². The van der Waals surface area contributed by atoms with Crippen LogP contribution >= 0.6 is 0 Å². The van der Waals surface area contributed by atoms with Gasteiger partial charge in [-0.05, 0) is 43.7 Å². The van der Waals surface area contributed by atoms with E-state index in [0.29, 0.717) is 17.3 Å². The summed E-state index contributed by atoms with van der Waals surface area (Å²) < 4.78 is 15.1. The van der Waals surface area contributed by atoms with Crippen molar-refractivity contribution >= 4 is 11.7 Å². The van der Waals surface area contributed by atoms with Crippen LogP contribution in [-0.4, -0.2) is 33.6 Å². The van der Waals surface area contributed by atoms with E-state index in [1.807, 2.05) is 0 Å². The molecular weight excluding hydrogens is 311 g/mol. The van der Waals surface area contributed by atoms with Crippen molar-refractivity contribution in [1.29, 1.82) is 0 Å². The molecule has 0 bridgehead atoms. The molecule has 0 unspecified atom stereocenters. The van der Waals surface area contributed by atoms with E-state index in [0.717, 1.165) is 25.7 Å². The molecule has 0 atom stereocenters. The van der Waals surface area contributed by atoms with Gasteiger partial charge < -0.3 is 15.7 Å². The van der Waals surface area contributed by atoms with E-state index >= 15 is 0 Å². The predicted octanol–water partition coefficient (Wildman–Crippen LogP) is 2.68. The summed E-state index contributed by atoms with van der Waals surface area (Å²) in [5.74, 6) is -0.0256. The third kappa shape index (κ3) is 3.91. The molecule has 0 radical (unpaired) electrons. The summed E-state index contributed by atoms with van der Waals surface area (Å²) in [6.07, 6.45) is 6.63. The number of aliphatic hydroxyl groups is 1. The van der Waals surface area contributed by atoms with Crippen LogP contribution in [0, 0.1) is 11.7 Å². The van der Waals surface area contributed by atoms with Gasteiger partial charge in [0.2, 0.25) is 0 Å². The molecule has 6 nitrogen and oxygen atoms in total. The van der Waals surface area contributed by atoms with E-state index < -0.39 is 0 Å². The number of nitrogens with one attached hydrogen (secondary N) is 2. The minimum Gasteiger partial charge on any atom is -0.396 e. The number of hydrogen-bond donors (Lipinski definition) is 3. The first-order valence-corrected chi connectivity index (χ1v) is 8.13. The molecule has 3 rings (SSSR count). The number of hydrogen-bond acceptors (Lipinski definition) is 3. The van der Waals surface area contributed by atoms with Gasteiger partial charge in [0.05, 0.1) is 18.1 Å². The average Bonchev–Trinajstić information content (AvgIpc) is 3.04. The molecular formula is C17H21FN4O2. The number of aromatic nitrogens is 2. The average molecular weight is 332 g/mol. The second kappa shape index (κ2) is 7.44. The van der Waals surface area contributed by atoms with Crippen LogP contribution in [0.15, 0.2) is 36.7 Å². The summed E-state index contributed by atoms with van der Waals surface area (Å²) in [7, 11) is 0. The van der Waals surface area contributed by atoms with Gasteiger partial charge in [0, 0.05) is 12.6 Å². The summed E-state index contributed by atoms with van der Waals surface area (Å²) in [5, 5.41) is 18.9. The lowest BCUT2D eigenvalue weighted by Gasteiger charge is -2.27. The minimum absolute atomic E-state index is 0.120. The second-order valence-corrected chi connectivity index (χ2v) is 6.12. The van der Waals surface area contributed by atoms with E-state index in [9.17, 15) is 9.18 Å². The number of rotatable bonds is 4. The number of para-hydroxylation sites is 1. The number of urea groups is 1. The first-order valence-electron chi connectivity index (χ1n) is 8.13. The maximum Gasteiger partial charge on any atom is 0.319 e. The Kier molecular flexibility index (Phi) is 5.10. The number of halogens is 1. The Morgan fingerprint density at radius 1 is 1.29 bits per heavy atom. The quantitative estimate of drug-likeness (QED) is 0.805. The van der Waals surface area contributed by atoms with Crippen molar-refractivity contribution in [2.75, 3.05) is 11.9 Å². The summed E-state index contributed by atoms with van der Waals surface area (Å²) in [5.41, 5.74) is 0.827. The SMILES string of the molecule is O=C(Nc1cnn(-c2ccccc2F)c1)NC1CCC(CO)CC1. The summed E-state index contributed by atoms with van der Waals surface area (Å²) in [6.45, 7) is 0.216. The van der Waals surface area contributed by atoms with Crippen LogP contribution in [0.3, 0.4) is 0 Å². The fourth-order valence-electron chi connectivity index (χ4n) is 3.00. The summed E-state index contributed by atoms with van der Waals surface area (Å²) in [4.78, 5) is 12.1. The number of anilines is 1. The van der Waals surface area contributed by atoms with Crippen molar-refractivity contribution < 1.29 is 14.3 Å². The molecule has 24 heavy (non-hydrogen) atoms. The zero-order valence-electron chi connectivity index (χ0n) is 13.3. The number of nitrogens with zero attached hydrogens (tertiary/aromatic N) is 2. The second-order valence-electron chi connectivity index (χ2n) is 6.12. The fourth-order valence-corrected chi connectivity index (χ4v) is 3.00. The van der Waals surface area contributed by atoms with Crippen LogP contribution in [0.2, 0.25) is 0 Å². The van der Waals surface area contributed by atoms with Crippen molar-refractivity contribution in [3.05, 3.63) is 42.5 Å². The van der Waals surface area contributed by atoms with Crippen molar-refractivity contribution in [2.45, 2.75) is 31.7 Å². The van der Waals surface area contributed by atoms with Gasteiger partial charge in [-0.1, -0.05) is 12.1 Å². The van der Waals surface area contributed by atoms with Crippen LogP contribution in [-0.2, 0) is 0 Å². The van der Waals surface area contributed by atoms with Gasteiger partial charge >= 0.3 is 6.03 Å². The van der Waals surface area contributed by atoms with E-state index in [4.69, 9.17) is 5.11 Å². The zero-order chi connectivity index (χ0) is 16.9. The van der Waals surface area contributed by atoms with E-state index in [-0.39, 0.29) is 24.5 Å². The Bertz CT molecular complexity index is 695. The lowest BCUT2D eigenvalue weighted by Crippen LogP contribution is -2.40. The monoisotopic (exact) mass is 332 g/mol. The van der Waals surface area contributed by atoms with Gasteiger partial charge in [-0.25, -0.2) is 13.9 Å². The smallest absolute Gasteiger partial charge is 0.319 e. The molecule has 1 aliphatic carbocycles. The molecule has 0 saturated heterocycles. The lowest BCUT2D eigenvalue weighted by atomic mass is 9.87. The molecule has 2 amide bonds. The number of carbonyl (C=O) groups is 1. The molecule has 3 N–H and O–H groups in total. The van der Waals surface area contributed by atoms with Crippen molar-refractivity contribution in [3.63, 3.8) is 0 Å². The summed E-state index contributed by atoms with van der Waals surface area (Å²) >= 11 is 0. The Balaban J connectivity index is 1.55. The first kappa shape index (κ1) is 16.4. The first-order chi connectivity index (χ1) is 11.7. The van der Waals surface area contributed by atoms with E-state index in [1.165, 1.54) is 16.9 Å². The highest BCUT2D eigenvalue weighted by atomic mass is 19.1. The molecule has 1 aliphatic rings. The largest absolute Gasteiger partial charge is 0.396 e. The molecule has 2 aromatic rings. The van der Waals surface area contributed by atoms with Gasteiger partial charge in [0.15, 0.2) is 0 Å². The highest BCUT2D eigenvalue weighted by Gasteiger charge is 2.22. The normalized spacial score (nSPS) is 20.6. The van der Waals surface area contributed by atoms with Gasteiger partial charge in [-0.3, -0.25) is 0 Å². The van der Waals surface area contributed by atoms with E-state index in [2.05, 4.69) is 15.7 Å². The Morgan fingerprint density at radius 2 is 2.04 bits per heavy atom. The van der Waals surface area contributed by atoms with Crippen LogP contribution in [0.1, 0.15) is 25.7 Å². The number of amides is 2. The molecule has 1 aromatic carbocycles. The van der Waals surface area contributed by atoms with Crippen LogP contribution in [0.25, 0.3) is 5.69 Å². The highest BCUT2D eigenvalue weighted by molar-refractivity contribution is 5.89. The molecule has 0 aliphatic heterocycles. The highest BCUT2D eigenvalue weighted by Crippen LogP contribution is 2.23. The minimum atomic E-state index is -0.378. The van der Waals surface area contributed by atoms with Crippen molar-refractivity contribution in [3.8, 4) is 5.69 Å². The number of carbonyl (C=O) groups excluding carboxylic acids is 1. The number of aliphatic hydroxyl groups excluding tert-OH is 1. The topological polar surface area (TPSA) is 79.2 Å². The third-order valence-corrected chi connectivity index (χ3v) is 4.38. The van der Waals surface area contributed by atoms with Crippen LogP contribution in [0.5, 0.6) is 0 Å². The molecule has 1 saturated carbocycles.